The summed E-state index contributed by atoms with van der Waals surface area (Å²) in [6, 6.07) is 101. The van der Waals surface area contributed by atoms with E-state index in [1.54, 1.807) is 0 Å². The zero-order chi connectivity index (χ0) is 71.4. The zero-order valence-corrected chi connectivity index (χ0v) is 66.8. The van der Waals surface area contributed by atoms with E-state index in [1.807, 2.05) is 17.3 Å². The van der Waals surface area contributed by atoms with E-state index in [9.17, 15) is 0 Å². The van der Waals surface area contributed by atoms with E-state index in [-0.39, 0.29) is 42.2 Å². The standard InChI is InChI=1S/C28H36N5.C20H24N5.2C18H15P.2CHO.CH4.2ClH.2Ru.2H2.H/c1-30-19-32(27-17-9-7-15-25(27)30)23-13-5-3-11-21(23)29-22-12-4-6-14-24(22)33-20-31(2)26-16-8-10-18-28(26)33;1-22-15-24(19-9-5-3-7-17(19)22)13-11-21-12-14-25-16-23(2)18-8-4-6-10-20(18)25;2*1-4-10-16(11-5-1)19(17-12-6-2-7-13-17)18-14-8-3-9-15-18;2*1-2;;;;;;;;/h7-10,15-24H,3-6,11-14H2,1-2H3;3-10,15-16H,11-14H2,1-2H3;2*1-15H;2*1H;1H4;2*1H;;;2*1H;/q2*-3;;;2*-1;;;;;+1;;;/p+1. The maximum Gasteiger partial charge on any atom is 0.102 e. The molecule has 0 bridgehead atoms. The van der Waals surface area contributed by atoms with Crippen LogP contribution in [0.1, 0.15) is 61.6 Å². The van der Waals surface area contributed by atoms with Crippen molar-refractivity contribution in [2.75, 3.05) is 93.6 Å². The number of hydrogen-bond acceptors (Lipinski definition) is 10. The third-order valence-electron chi connectivity index (χ3n) is 19.3. The molecule has 0 N–H and O–H groups in total. The number of carbonyl (C=O) groups excluding carboxylic acids is 2. The molecule has 105 heavy (non-hydrogen) atoms. The van der Waals surface area contributed by atoms with Crippen LogP contribution in [0.5, 0.6) is 0 Å². The molecule has 6 aliphatic rings. The van der Waals surface area contributed by atoms with Gasteiger partial charge in [0.05, 0.1) is 15.8 Å². The van der Waals surface area contributed by atoms with Crippen LogP contribution in [0.15, 0.2) is 279 Å². The predicted molar refractivity (Wildman–Crippen MR) is 457 cm³/mol. The summed E-state index contributed by atoms with van der Waals surface area (Å²) in [5.74, 6) is 0. The van der Waals surface area contributed by atoms with Crippen LogP contribution in [0.2, 0.25) is 0 Å². The van der Waals surface area contributed by atoms with Gasteiger partial charge in [-0.05, 0) is 188 Å². The smallest absolute Gasteiger partial charge is 0.0620 e. The molecule has 560 valence electrons. The van der Waals surface area contributed by atoms with Crippen molar-refractivity contribution < 1.29 is 49.2 Å². The van der Waals surface area contributed by atoms with Gasteiger partial charge in [0.1, 0.15) is 31.8 Å². The fourth-order valence-corrected chi connectivity index (χ4v) is 19.8. The van der Waals surface area contributed by atoms with Gasteiger partial charge in [-0.1, -0.05) is 204 Å². The van der Waals surface area contributed by atoms with Crippen LogP contribution in [0.3, 0.4) is 0 Å². The first-order chi connectivity index (χ1) is 50.3. The molecular formula is C87H104Cl2N10O2P2Ru2-6. The van der Waals surface area contributed by atoms with Crippen molar-refractivity contribution in [3.63, 3.8) is 0 Å². The van der Waals surface area contributed by atoms with E-state index in [4.69, 9.17) is 20.2 Å². The fourth-order valence-electron chi connectivity index (χ4n) is 14.7. The quantitative estimate of drug-likeness (QED) is 0.0306. The molecule has 4 unspecified atom stereocenters. The van der Waals surface area contributed by atoms with Gasteiger partial charge in [-0.2, -0.15) is 26.7 Å². The molecule has 18 heteroatoms. The topological polar surface area (TPSA) is 88.3 Å². The van der Waals surface area contributed by atoms with Gasteiger partial charge < -0.3 is 59.4 Å². The van der Waals surface area contributed by atoms with Crippen molar-refractivity contribution in [1.82, 2.24) is 0 Å². The van der Waals surface area contributed by atoms with Crippen LogP contribution in [0.4, 0.5) is 45.5 Å². The molecule has 0 aromatic heterocycles. The third kappa shape index (κ3) is 21.9. The number of nitrogens with zero attached hydrogens (tertiary/aromatic N) is 10. The maximum absolute atomic E-state index is 7.75. The van der Waals surface area contributed by atoms with Crippen molar-refractivity contribution in [3.8, 4) is 0 Å². The molecule has 4 aliphatic heterocycles. The zero-order valence-electron chi connectivity index (χ0n) is 59.6. The Hall–Kier alpha value is -7.45. The van der Waals surface area contributed by atoms with Gasteiger partial charge in [0.15, 0.2) is 0 Å². The molecule has 2 aliphatic carbocycles. The molecule has 10 aromatic rings. The average molecular weight is 1660 g/mol. The molecule has 2 fully saturated rings. The van der Waals surface area contributed by atoms with Gasteiger partial charge in [0.2, 0.25) is 0 Å². The second-order valence-corrected chi connectivity index (χ2v) is 30.6. The van der Waals surface area contributed by atoms with E-state index in [2.05, 4.69) is 396 Å². The number of rotatable bonds is 16. The van der Waals surface area contributed by atoms with Crippen LogP contribution in [-0.2, 0) is 46.4 Å². The van der Waals surface area contributed by atoms with Crippen LogP contribution in [0, 0.1) is 26.7 Å². The summed E-state index contributed by atoms with van der Waals surface area (Å²) in [4.78, 5) is 34.0. The molecule has 0 spiro atoms. The molecule has 16 rings (SSSR count). The van der Waals surface area contributed by atoms with Crippen molar-refractivity contribution in [1.29, 1.82) is 0 Å². The maximum atomic E-state index is 7.75. The van der Waals surface area contributed by atoms with Crippen molar-refractivity contribution in [2.24, 2.45) is 0 Å². The van der Waals surface area contributed by atoms with Gasteiger partial charge in [-0.25, -0.2) is 0 Å². The average Bonchev–Trinajstić information content (AvgIpc) is 1.64. The Balaban J connectivity index is 0.000000252. The van der Waals surface area contributed by atoms with Crippen molar-refractivity contribution >= 4 is 129 Å². The molecule has 0 saturated heterocycles. The van der Waals surface area contributed by atoms with E-state index in [1.165, 1.54) is 129 Å². The molecule has 10 aromatic carbocycles. The van der Waals surface area contributed by atoms with E-state index in [0.717, 1.165) is 26.2 Å². The largest absolute Gasteiger partial charge is 0.102 e. The Morgan fingerprint density at radius 3 is 0.857 bits per heavy atom. The van der Waals surface area contributed by atoms with Crippen LogP contribution in [0.25, 0.3) is 10.6 Å². The van der Waals surface area contributed by atoms with E-state index >= 15 is 0 Å². The first kappa shape index (κ1) is 84.8. The van der Waals surface area contributed by atoms with Gasteiger partial charge in [0.25, 0.3) is 0 Å². The molecule has 12 nitrogen and oxygen atoms in total. The summed E-state index contributed by atoms with van der Waals surface area (Å²) in [6.45, 7) is 18.9. The van der Waals surface area contributed by atoms with E-state index in [0.29, 0.717) is 24.2 Å². The summed E-state index contributed by atoms with van der Waals surface area (Å²) in [7, 11) is 11.3. The normalized spacial score (nSPS) is 17.0. The number of anilines is 8. The van der Waals surface area contributed by atoms with Crippen LogP contribution < -0.4 is 71.0 Å². The number of para-hydroxylation sites is 8. The Labute approximate surface area is 665 Å². The van der Waals surface area contributed by atoms with Gasteiger partial charge in [-0.3, -0.25) is 13.6 Å². The second kappa shape index (κ2) is 44.6. The fraction of sp³-hybridized carbons (Fsp3) is 0.241. The minimum absolute atomic E-state index is 0. The van der Waals surface area contributed by atoms with Crippen molar-refractivity contribution in [3.05, 3.63) is 316 Å². The number of fused-ring (bicyclic) bond motifs is 4. The first-order valence-corrected chi connectivity index (χ1v) is 40.4. The Bertz CT molecular complexity index is 3630. The molecule has 0 radical (unpaired) electrons. The van der Waals surface area contributed by atoms with Crippen LogP contribution in [-0.4, -0.2) is 92.1 Å². The monoisotopic (exact) mass is 1660 g/mol. The Morgan fingerprint density at radius 1 is 0.362 bits per heavy atom. The van der Waals surface area contributed by atoms with Crippen molar-refractivity contribution in [2.45, 2.75) is 83.0 Å². The number of hydrogen-bond donors (Lipinski definition) is 0. The SMILES string of the molecule is C.CN1[CH-]N(C2CCCCC2[N-]C2CCCCC2N2[CH-]N(C)c3ccccc32)c2ccccc21.CN1[CH-]N(CC[N-]CCN2[CH-]N(C)c3ccccc32)c2ccccc21.Cl.[CH-]=O.[CH-]=O.[Cl][Ru].[HH].[HH].[RuH].c1ccc([PH+](c2ccccc2)c2ccccc2)cc1.c1ccc([PH+](c2ccccc2)c2ccccc2)cc1. The van der Waals surface area contributed by atoms with Gasteiger partial charge >= 0.3 is 46.5 Å². The minimum Gasteiger partial charge on any atom is -0.0620 e. The summed E-state index contributed by atoms with van der Waals surface area (Å²) in [5.41, 5.74) is 10.4. The summed E-state index contributed by atoms with van der Waals surface area (Å²) < 4.78 is 0. The summed E-state index contributed by atoms with van der Waals surface area (Å²) in [6.07, 6.45) is 10.1. The van der Waals surface area contributed by atoms with Gasteiger partial charge in [-0.15, -0.1) is 37.6 Å². The third-order valence-corrected chi connectivity index (χ3v) is 24.8. The van der Waals surface area contributed by atoms with Crippen LogP contribution >= 0.6 is 37.9 Å². The van der Waals surface area contributed by atoms with E-state index < -0.39 is 15.8 Å². The first-order valence-electron chi connectivity index (χ1n) is 35.1. The summed E-state index contributed by atoms with van der Waals surface area (Å²) in [5, 5.41) is 19.0. The summed E-state index contributed by atoms with van der Waals surface area (Å²) >= 11 is 1.82. The Kier molecular flexibility index (Phi) is 36.0. The second-order valence-electron chi connectivity index (χ2n) is 25.7. The number of benzene rings is 10. The molecule has 4 heterocycles. The Morgan fingerprint density at radius 2 is 0.581 bits per heavy atom. The predicted octanol–water partition coefficient (Wildman–Crippen LogP) is 17.4. The molecule has 4 atom stereocenters. The molecule has 2 saturated carbocycles. The minimum atomic E-state index is -0.877. The molecule has 0 amide bonds. The number of halogens is 2. The molecular weight excluding hydrogens is 1550 g/mol. The van der Waals surface area contributed by atoms with Gasteiger partial charge in [0, 0.05) is 48.4 Å².